The number of benzene rings is 2. The Hall–Kier alpha value is -2.93. The van der Waals surface area contributed by atoms with Crippen LogP contribution in [0.4, 0.5) is 0 Å². The topological polar surface area (TPSA) is 65.4 Å². The lowest BCUT2D eigenvalue weighted by molar-refractivity contribution is 0.0954. The number of hydrogen-bond acceptors (Lipinski definition) is 5. The molecule has 0 aliphatic rings. The van der Waals surface area contributed by atoms with Crippen molar-refractivity contribution in [2.75, 3.05) is 20.8 Å². The van der Waals surface area contributed by atoms with E-state index in [9.17, 15) is 4.79 Å². The van der Waals surface area contributed by atoms with Crippen LogP contribution in [0.3, 0.4) is 0 Å². The van der Waals surface area contributed by atoms with Gasteiger partial charge < -0.3 is 19.4 Å². The Kier molecular flexibility index (Phi) is 7.19. The van der Waals surface area contributed by atoms with Gasteiger partial charge in [0, 0.05) is 37.3 Å². The van der Waals surface area contributed by atoms with Crippen molar-refractivity contribution in [1.29, 1.82) is 0 Å². The summed E-state index contributed by atoms with van der Waals surface area (Å²) in [7, 11) is 5.20. The number of nitrogens with zero attached hydrogens (tertiary/aromatic N) is 2. The van der Waals surface area contributed by atoms with Crippen LogP contribution in [-0.4, -0.2) is 36.2 Å². The van der Waals surface area contributed by atoms with E-state index in [2.05, 4.69) is 10.3 Å². The molecule has 0 fully saturated rings. The van der Waals surface area contributed by atoms with Gasteiger partial charge in [0.15, 0.2) is 16.7 Å². The van der Waals surface area contributed by atoms with E-state index in [-0.39, 0.29) is 5.91 Å². The van der Waals surface area contributed by atoms with Crippen LogP contribution in [0.1, 0.15) is 21.5 Å². The molecule has 0 aliphatic heterocycles. The maximum atomic E-state index is 12.4. The summed E-state index contributed by atoms with van der Waals surface area (Å²) in [5.74, 6) is 2.12. The number of imidazole rings is 1. The molecule has 0 radical (unpaired) electrons. The second-order valence-electron chi connectivity index (χ2n) is 6.50. The van der Waals surface area contributed by atoms with E-state index in [4.69, 9.17) is 9.47 Å². The van der Waals surface area contributed by atoms with Gasteiger partial charge in [0.1, 0.15) is 0 Å². The lowest BCUT2D eigenvalue weighted by atomic mass is 10.1. The molecule has 0 spiro atoms. The Bertz CT molecular complexity index is 954. The number of aryl methyl sites for hydroxylation is 1. The van der Waals surface area contributed by atoms with Crippen molar-refractivity contribution >= 4 is 17.7 Å². The molecule has 1 aromatic heterocycles. The van der Waals surface area contributed by atoms with Crippen molar-refractivity contribution in [3.05, 3.63) is 71.5 Å². The molecule has 152 valence electrons. The van der Waals surface area contributed by atoms with Crippen LogP contribution in [-0.2, 0) is 19.2 Å². The minimum absolute atomic E-state index is 0.0752. The zero-order valence-corrected chi connectivity index (χ0v) is 17.7. The van der Waals surface area contributed by atoms with Gasteiger partial charge in [0.05, 0.1) is 14.2 Å². The molecule has 2 aromatic carbocycles. The molecular formula is C22H25N3O3S. The van der Waals surface area contributed by atoms with E-state index in [0.717, 1.165) is 22.0 Å². The second-order valence-corrected chi connectivity index (χ2v) is 7.44. The van der Waals surface area contributed by atoms with E-state index >= 15 is 0 Å². The Morgan fingerprint density at radius 3 is 2.45 bits per heavy atom. The summed E-state index contributed by atoms with van der Waals surface area (Å²) in [6, 6.07) is 13.5. The highest BCUT2D eigenvalue weighted by molar-refractivity contribution is 7.98. The lowest BCUT2D eigenvalue weighted by Crippen LogP contribution is -2.25. The van der Waals surface area contributed by atoms with Crippen LogP contribution in [0.2, 0.25) is 0 Å². The Balaban J connectivity index is 1.48. The van der Waals surface area contributed by atoms with E-state index in [0.29, 0.717) is 30.0 Å². The lowest BCUT2D eigenvalue weighted by Gasteiger charge is -2.10. The normalized spacial score (nSPS) is 10.6. The average Bonchev–Trinajstić information content (AvgIpc) is 3.17. The molecule has 3 rings (SSSR count). The van der Waals surface area contributed by atoms with Crippen molar-refractivity contribution in [3.63, 3.8) is 0 Å². The van der Waals surface area contributed by atoms with Gasteiger partial charge in [0.25, 0.3) is 5.91 Å². The Morgan fingerprint density at radius 1 is 1.07 bits per heavy atom. The van der Waals surface area contributed by atoms with Crippen molar-refractivity contribution < 1.29 is 14.3 Å². The molecule has 3 aromatic rings. The minimum Gasteiger partial charge on any atom is -0.493 e. The number of thioether (sulfide) groups is 1. The maximum Gasteiger partial charge on any atom is 0.251 e. The summed E-state index contributed by atoms with van der Waals surface area (Å²) < 4.78 is 12.6. The summed E-state index contributed by atoms with van der Waals surface area (Å²) in [5.41, 5.74) is 2.88. The zero-order chi connectivity index (χ0) is 20.6. The monoisotopic (exact) mass is 411 g/mol. The molecule has 0 atom stereocenters. The summed E-state index contributed by atoms with van der Waals surface area (Å²) in [6.45, 7) is 0.547. The molecule has 1 amide bonds. The fourth-order valence-electron chi connectivity index (χ4n) is 2.85. The standard InChI is InChI=1S/C22H25N3O3S/c1-25-13-12-24-22(25)29-15-17-4-7-18(8-5-17)21(26)23-11-10-16-6-9-19(27-2)20(14-16)28-3/h4-9,12-14H,10-11,15H2,1-3H3,(H,23,26). The predicted molar refractivity (Wildman–Crippen MR) is 115 cm³/mol. The average molecular weight is 412 g/mol. The van der Waals surface area contributed by atoms with E-state index in [1.165, 1.54) is 0 Å². The number of amides is 1. The summed E-state index contributed by atoms with van der Waals surface area (Å²) >= 11 is 1.67. The summed E-state index contributed by atoms with van der Waals surface area (Å²) in [6.07, 6.45) is 4.43. The van der Waals surface area contributed by atoms with E-state index in [1.54, 1.807) is 32.2 Å². The number of rotatable bonds is 9. The van der Waals surface area contributed by atoms with E-state index < -0.39 is 0 Å². The zero-order valence-electron chi connectivity index (χ0n) is 16.8. The number of carbonyl (C=O) groups is 1. The third kappa shape index (κ3) is 5.54. The SMILES string of the molecule is COc1ccc(CCNC(=O)c2ccc(CSc3nccn3C)cc2)cc1OC. The number of methoxy groups -OCH3 is 2. The van der Waals surface area contributed by atoms with Gasteiger partial charge in [-0.1, -0.05) is 30.0 Å². The number of ether oxygens (including phenoxy) is 2. The van der Waals surface area contributed by atoms with Crippen LogP contribution >= 0.6 is 11.8 Å². The second kappa shape index (κ2) is 10.0. The van der Waals surface area contributed by atoms with Gasteiger partial charge in [-0.05, 0) is 41.8 Å². The Morgan fingerprint density at radius 2 is 1.79 bits per heavy atom. The first kappa shape index (κ1) is 20.8. The van der Waals surface area contributed by atoms with Crippen molar-refractivity contribution in [1.82, 2.24) is 14.9 Å². The molecule has 29 heavy (non-hydrogen) atoms. The van der Waals surface area contributed by atoms with Crippen LogP contribution < -0.4 is 14.8 Å². The third-order valence-corrected chi connectivity index (χ3v) is 5.64. The van der Waals surface area contributed by atoms with Crippen LogP contribution in [0.25, 0.3) is 0 Å². The van der Waals surface area contributed by atoms with Gasteiger partial charge in [-0.25, -0.2) is 4.98 Å². The smallest absolute Gasteiger partial charge is 0.251 e. The predicted octanol–water partition coefficient (Wildman–Crippen LogP) is 3.70. The highest BCUT2D eigenvalue weighted by Crippen LogP contribution is 2.27. The Labute approximate surface area is 175 Å². The number of hydrogen-bond donors (Lipinski definition) is 1. The highest BCUT2D eigenvalue weighted by atomic mass is 32.2. The van der Waals surface area contributed by atoms with Crippen molar-refractivity contribution in [2.45, 2.75) is 17.3 Å². The van der Waals surface area contributed by atoms with Crippen LogP contribution in [0.15, 0.2) is 60.0 Å². The first-order valence-electron chi connectivity index (χ1n) is 9.29. The molecule has 1 heterocycles. The third-order valence-electron chi connectivity index (χ3n) is 4.51. The molecule has 0 unspecified atom stereocenters. The largest absolute Gasteiger partial charge is 0.493 e. The number of carbonyl (C=O) groups excluding carboxylic acids is 1. The molecule has 6 nitrogen and oxygen atoms in total. The fraction of sp³-hybridized carbons (Fsp3) is 0.273. The first-order valence-corrected chi connectivity index (χ1v) is 10.3. The molecule has 7 heteroatoms. The fourth-order valence-corrected chi connectivity index (χ4v) is 3.74. The van der Waals surface area contributed by atoms with E-state index in [1.807, 2.05) is 60.3 Å². The highest BCUT2D eigenvalue weighted by Gasteiger charge is 2.08. The minimum atomic E-state index is -0.0752. The quantitative estimate of drug-likeness (QED) is 0.544. The van der Waals surface area contributed by atoms with Gasteiger partial charge in [-0.15, -0.1) is 0 Å². The van der Waals surface area contributed by atoms with Crippen molar-refractivity contribution in [2.24, 2.45) is 7.05 Å². The maximum absolute atomic E-state index is 12.4. The molecule has 0 bridgehead atoms. The number of aromatic nitrogens is 2. The summed E-state index contributed by atoms with van der Waals surface area (Å²) in [4.78, 5) is 16.7. The molecule has 0 aliphatic carbocycles. The number of nitrogens with one attached hydrogen (secondary N) is 1. The molecule has 0 saturated heterocycles. The van der Waals surface area contributed by atoms with Gasteiger partial charge in [-0.3, -0.25) is 4.79 Å². The van der Waals surface area contributed by atoms with Gasteiger partial charge in [-0.2, -0.15) is 0 Å². The van der Waals surface area contributed by atoms with Gasteiger partial charge in [0.2, 0.25) is 0 Å². The molecular weight excluding hydrogens is 386 g/mol. The van der Waals surface area contributed by atoms with Crippen molar-refractivity contribution in [3.8, 4) is 11.5 Å². The van der Waals surface area contributed by atoms with Gasteiger partial charge >= 0.3 is 0 Å². The summed E-state index contributed by atoms with van der Waals surface area (Å²) in [5, 5.41) is 3.94. The van der Waals surface area contributed by atoms with Crippen LogP contribution in [0.5, 0.6) is 11.5 Å². The molecule has 0 saturated carbocycles. The van der Waals surface area contributed by atoms with Crippen LogP contribution in [0, 0.1) is 0 Å². The molecule has 1 N–H and O–H groups in total. The first-order chi connectivity index (χ1) is 14.1.